The van der Waals surface area contributed by atoms with E-state index < -0.39 is 11.7 Å². The van der Waals surface area contributed by atoms with E-state index in [4.69, 9.17) is 0 Å². The Bertz CT molecular complexity index is 925. The van der Waals surface area contributed by atoms with Crippen LogP contribution >= 0.6 is 11.8 Å². The number of amides is 1. The standard InChI is InChI=1S/C23H32F3N5OS/c1-15(2)16(3)28-21(32)14-33-22-30-29-20(31(22)19-10-5-4-6-11-19)13-27-18-9-7-8-17(12-18)23(24,25)26/h7-9,12,15-16,19,27H,4-6,10-11,13-14H2,1-3H3,(H,28,32). The van der Waals surface area contributed by atoms with Crippen molar-refractivity contribution in [3.8, 4) is 0 Å². The van der Waals surface area contributed by atoms with E-state index >= 15 is 0 Å². The number of hydrogen-bond donors (Lipinski definition) is 2. The molecule has 1 unspecified atom stereocenters. The fraction of sp³-hybridized carbons (Fsp3) is 0.609. The Morgan fingerprint density at radius 3 is 2.58 bits per heavy atom. The minimum Gasteiger partial charge on any atom is -0.378 e. The van der Waals surface area contributed by atoms with E-state index in [2.05, 4.69) is 39.2 Å². The van der Waals surface area contributed by atoms with Gasteiger partial charge in [-0.1, -0.05) is 50.9 Å². The Hall–Kier alpha value is -2.23. The van der Waals surface area contributed by atoms with Gasteiger partial charge < -0.3 is 15.2 Å². The zero-order chi connectivity index (χ0) is 24.0. The Morgan fingerprint density at radius 1 is 1.18 bits per heavy atom. The van der Waals surface area contributed by atoms with Gasteiger partial charge in [0.05, 0.1) is 17.9 Å². The van der Waals surface area contributed by atoms with E-state index in [-0.39, 0.29) is 30.3 Å². The largest absolute Gasteiger partial charge is 0.416 e. The van der Waals surface area contributed by atoms with Crippen LogP contribution in [-0.4, -0.2) is 32.5 Å². The third-order valence-corrected chi connectivity index (χ3v) is 6.98. The van der Waals surface area contributed by atoms with Gasteiger partial charge in [0.25, 0.3) is 0 Å². The minimum atomic E-state index is -4.39. The summed E-state index contributed by atoms with van der Waals surface area (Å²) in [6.07, 6.45) is 1.02. The first-order chi connectivity index (χ1) is 15.6. The molecule has 1 atom stereocenters. The number of halogens is 3. The number of anilines is 1. The first kappa shape index (κ1) is 25.4. The molecule has 1 heterocycles. The van der Waals surface area contributed by atoms with Crippen molar-refractivity contribution in [2.75, 3.05) is 11.1 Å². The van der Waals surface area contributed by atoms with Crippen LogP contribution in [0.4, 0.5) is 18.9 Å². The smallest absolute Gasteiger partial charge is 0.378 e. The molecule has 0 saturated heterocycles. The number of benzene rings is 1. The summed E-state index contributed by atoms with van der Waals surface area (Å²) < 4.78 is 41.1. The van der Waals surface area contributed by atoms with Gasteiger partial charge >= 0.3 is 6.18 Å². The van der Waals surface area contributed by atoms with Crippen molar-refractivity contribution in [3.63, 3.8) is 0 Å². The van der Waals surface area contributed by atoms with E-state index in [1.54, 1.807) is 6.07 Å². The summed E-state index contributed by atoms with van der Waals surface area (Å²) in [7, 11) is 0. The molecule has 2 aromatic rings. The molecular formula is C23H32F3N5OS. The average Bonchev–Trinajstić information content (AvgIpc) is 3.19. The van der Waals surface area contributed by atoms with Gasteiger partial charge in [-0.2, -0.15) is 13.2 Å². The molecule has 3 rings (SSSR count). The number of rotatable bonds is 9. The zero-order valence-corrected chi connectivity index (χ0v) is 20.1. The maximum Gasteiger partial charge on any atom is 0.416 e. The number of nitrogens with one attached hydrogen (secondary N) is 2. The molecule has 6 nitrogen and oxygen atoms in total. The van der Waals surface area contributed by atoms with Crippen molar-refractivity contribution in [1.82, 2.24) is 20.1 Å². The fourth-order valence-electron chi connectivity index (χ4n) is 3.81. The molecule has 0 aliphatic heterocycles. The summed E-state index contributed by atoms with van der Waals surface area (Å²) in [6, 6.07) is 5.45. The second-order valence-corrected chi connectivity index (χ2v) is 9.82. The van der Waals surface area contributed by atoms with Crippen molar-refractivity contribution in [2.24, 2.45) is 5.92 Å². The summed E-state index contributed by atoms with van der Waals surface area (Å²) in [5.41, 5.74) is -0.321. The minimum absolute atomic E-state index is 0.0527. The molecule has 0 radical (unpaired) electrons. The van der Waals surface area contributed by atoms with Crippen molar-refractivity contribution in [1.29, 1.82) is 0 Å². The second kappa shape index (κ2) is 11.3. The van der Waals surface area contributed by atoms with Gasteiger partial charge in [-0.15, -0.1) is 10.2 Å². The Balaban J connectivity index is 1.72. The van der Waals surface area contributed by atoms with Crippen LogP contribution in [-0.2, 0) is 17.5 Å². The van der Waals surface area contributed by atoms with E-state index in [1.807, 2.05) is 6.92 Å². The molecule has 182 valence electrons. The first-order valence-corrected chi connectivity index (χ1v) is 12.4. The summed E-state index contributed by atoms with van der Waals surface area (Å²) in [5, 5.41) is 15.4. The number of hydrogen-bond acceptors (Lipinski definition) is 5. The van der Waals surface area contributed by atoms with E-state index in [9.17, 15) is 18.0 Å². The number of carbonyl (C=O) groups is 1. The first-order valence-electron chi connectivity index (χ1n) is 11.4. The maximum absolute atomic E-state index is 13.0. The lowest BCUT2D eigenvalue weighted by molar-refractivity contribution is -0.137. The predicted octanol–water partition coefficient (Wildman–Crippen LogP) is 5.67. The molecule has 1 aliphatic carbocycles. The lowest BCUT2D eigenvalue weighted by Gasteiger charge is -2.26. The highest BCUT2D eigenvalue weighted by Crippen LogP contribution is 2.33. The molecule has 1 aromatic carbocycles. The SMILES string of the molecule is CC(C)C(C)NC(=O)CSc1nnc(CNc2cccc(C(F)(F)F)c2)n1C1CCCCC1. The summed E-state index contributed by atoms with van der Waals surface area (Å²) in [6.45, 7) is 6.35. The zero-order valence-electron chi connectivity index (χ0n) is 19.3. The molecule has 1 fully saturated rings. The van der Waals surface area contributed by atoms with Gasteiger partial charge in [0.2, 0.25) is 5.91 Å². The Kier molecular flexibility index (Phi) is 8.67. The third-order valence-electron chi connectivity index (χ3n) is 6.04. The van der Waals surface area contributed by atoms with Crippen LogP contribution in [0, 0.1) is 5.92 Å². The highest BCUT2D eigenvalue weighted by Gasteiger charge is 2.30. The Morgan fingerprint density at radius 2 is 1.91 bits per heavy atom. The van der Waals surface area contributed by atoms with E-state index in [0.717, 1.165) is 37.8 Å². The number of aromatic nitrogens is 3. The van der Waals surface area contributed by atoms with Crippen molar-refractivity contribution >= 4 is 23.4 Å². The molecule has 1 amide bonds. The van der Waals surface area contributed by atoms with Gasteiger partial charge in [0, 0.05) is 17.8 Å². The van der Waals surface area contributed by atoms with Crippen LogP contribution in [0.5, 0.6) is 0 Å². The van der Waals surface area contributed by atoms with Crippen LogP contribution in [0.25, 0.3) is 0 Å². The number of alkyl halides is 3. The maximum atomic E-state index is 13.0. The van der Waals surface area contributed by atoms with Crippen molar-refractivity contribution in [2.45, 2.75) is 82.8 Å². The lowest BCUT2D eigenvalue weighted by atomic mass is 9.95. The molecule has 33 heavy (non-hydrogen) atoms. The monoisotopic (exact) mass is 483 g/mol. The van der Waals surface area contributed by atoms with Crippen LogP contribution in [0.3, 0.4) is 0 Å². The molecule has 0 spiro atoms. The quantitative estimate of drug-likeness (QED) is 0.450. The van der Waals surface area contributed by atoms with Crippen LogP contribution < -0.4 is 10.6 Å². The molecule has 10 heteroatoms. The molecular weight excluding hydrogens is 451 g/mol. The van der Waals surface area contributed by atoms with E-state index in [1.165, 1.54) is 24.2 Å². The highest BCUT2D eigenvalue weighted by molar-refractivity contribution is 7.99. The summed E-state index contributed by atoms with van der Waals surface area (Å²) >= 11 is 1.35. The van der Waals surface area contributed by atoms with Crippen LogP contribution in [0.15, 0.2) is 29.4 Å². The second-order valence-electron chi connectivity index (χ2n) is 8.88. The molecule has 1 aliphatic rings. The summed E-state index contributed by atoms with van der Waals surface area (Å²) in [5.74, 6) is 1.20. The van der Waals surface area contributed by atoms with Crippen molar-refractivity contribution in [3.05, 3.63) is 35.7 Å². The Labute approximate surface area is 197 Å². The topological polar surface area (TPSA) is 71.8 Å². The average molecular weight is 484 g/mol. The number of carbonyl (C=O) groups excluding carboxylic acids is 1. The van der Waals surface area contributed by atoms with Crippen molar-refractivity contribution < 1.29 is 18.0 Å². The fourth-order valence-corrected chi connectivity index (χ4v) is 4.65. The highest BCUT2D eigenvalue weighted by atomic mass is 32.2. The van der Waals surface area contributed by atoms with Gasteiger partial charge in [0.15, 0.2) is 11.0 Å². The predicted molar refractivity (Wildman–Crippen MR) is 124 cm³/mol. The number of thioether (sulfide) groups is 1. The van der Waals surface area contributed by atoms with Gasteiger partial charge in [0.1, 0.15) is 0 Å². The normalized spacial score (nSPS) is 16.1. The van der Waals surface area contributed by atoms with Crippen LogP contribution in [0.1, 0.15) is 70.3 Å². The lowest BCUT2D eigenvalue weighted by Crippen LogP contribution is -2.37. The summed E-state index contributed by atoms with van der Waals surface area (Å²) in [4.78, 5) is 12.4. The molecule has 0 bridgehead atoms. The molecule has 1 saturated carbocycles. The third kappa shape index (κ3) is 7.12. The van der Waals surface area contributed by atoms with Gasteiger partial charge in [-0.05, 0) is 43.9 Å². The number of nitrogens with zero attached hydrogens (tertiary/aromatic N) is 3. The van der Waals surface area contributed by atoms with Gasteiger partial charge in [-0.25, -0.2) is 0 Å². The van der Waals surface area contributed by atoms with Crippen LogP contribution in [0.2, 0.25) is 0 Å². The van der Waals surface area contributed by atoms with E-state index in [0.29, 0.717) is 22.6 Å². The molecule has 2 N–H and O–H groups in total. The van der Waals surface area contributed by atoms with Gasteiger partial charge in [-0.3, -0.25) is 4.79 Å². The molecule has 1 aromatic heterocycles.